The van der Waals surface area contributed by atoms with Crippen molar-refractivity contribution in [2.24, 2.45) is 0 Å². The largest absolute Gasteiger partial charge is 0.497 e. The Kier molecular flexibility index (Phi) is 5.32. The molecule has 0 saturated carbocycles. The molecule has 0 bridgehead atoms. The summed E-state index contributed by atoms with van der Waals surface area (Å²) in [6, 6.07) is 5.80. The average molecular weight is 267 g/mol. The summed E-state index contributed by atoms with van der Waals surface area (Å²) < 4.78 is 5.00. The van der Waals surface area contributed by atoms with Gasteiger partial charge in [-0.25, -0.2) is 4.79 Å². The number of amides is 1. The van der Waals surface area contributed by atoms with Crippen molar-refractivity contribution in [2.45, 2.75) is 25.5 Å². The van der Waals surface area contributed by atoms with Crippen LogP contribution in [-0.2, 0) is 16.0 Å². The molecule has 19 heavy (non-hydrogen) atoms. The van der Waals surface area contributed by atoms with Crippen LogP contribution in [0.15, 0.2) is 24.3 Å². The molecule has 104 valence electrons. The van der Waals surface area contributed by atoms with Gasteiger partial charge in [-0.3, -0.25) is 4.79 Å². The van der Waals surface area contributed by atoms with Gasteiger partial charge >= 0.3 is 5.97 Å². The third-order valence-corrected chi connectivity index (χ3v) is 2.59. The number of nitrogens with one attached hydrogen (secondary N) is 1. The van der Waals surface area contributed by atoms with Crippen molar-refractivity contribution in [2.75, 3.05) is 7.11 Å². The second kappa shape index (κ2) is 6.75. The molecule has 0 aliphatic heterocycles. The number of hydrogen-bond donors (Lipinski definition) is 3. The highest BCUT2D eigenvalue weighted by molar-refractivity contribution is 5.86. The summed E-state index contributed by atoms with van der Waals surface area (Å²) in [7, 11) is 1.54. The molecule has 1 aromatic rings. The topological polar surface area (TPSA) is 95.9 Å². The second-order valence-corrected chi connectivity index (χ2v) is 4.13. The molecule has 0 heterocycles. The first kappa shape index (κ1) is 15.0. The number of aliphatic carboxylic acids is 1. The molecule has 0 saturated heterocycles. The molecule has 0 unspecified atom stereocenters. The predicted octanol–water partition coefficient (Wildman–Crippen LogP) is 0.188. The number of carboxylic acids is 1. The zero-order chi connectivity index (χ0) is 14.4. The van der Waals surface area contributed by atoms with Gasteiger partial charge in [-0.15, -0.1) is 0 Å². The van der Waals surface area contributed by atoms with Crippen molar-refractivity contribution in [3.63, 3.8) is 0 Å². The van der Waals surface area contributed by atoms with Crippen LogP contribution in [0.1, 0.15) is 12.5 Å². The Bertz CT molecular complexity index is 441. The van der Waals surface area contributed by atoms with E-state index < -0.39 is 24.0 Å². The number of hydrogen-bond acceptors (Lipinski definition) is 4. The monoisotopic (exact) mass is 267 g/mol. The van der Waals surface area contributed by atoms with Crippen LogP contribution in [0.25, 0.3) is 0 Å². The molecule has 2 atom stereocenters. The molecule has 6 heteroatoms. The number of aliphatic hydroxyl groups excluding tert-OH is 1. The molecule has 6 nitrogen and oxygen atoms in total. The molecule has 0 fully saturated rings. The first-order chi connectivity index (χ1) is 8.93. The fourth-order valence-electron chi connectivity index (χ4n) is 1.49. The zero-order valence-corrected chi connectivity index (χ0v) is 10.8. The lowest BCUT2D eigenvalue weighted by molar-refractivity contribution is -0.143. The highest BCUT2D eigenvalue weighted by Gasteiger charge is 2.22. The Labute approximate surface area is 111 Å². The smallest absolute Gasteiger partial charge is 0.326 e. The summed E-state index contributed by atoms with van der Waals surface area (Å²) in [5.74, 6) is -1.19. The van der Waals surface area contributed by atoms with Gasteiger partial charge in [0.2, 0.25) is 5.91 Å². The standard InChI is InChI=1S/C13H17NO5/c1-8(15)12(16)14-11(13(17)18)7-9-3-5-10(19-2)6-4-9/h3-6,8,11,15H,7H2,1-2H3,(H,14,16)(H,17,18)/t8-,11+/m0/s1. The lowest BCUT2D eigenvalue weighted by Crippen LogP contribution is -2.45. The normalized spacial score (nSPS) is 13.4. The summed E-state index contributed by atoms with van der Waals surface area (Å²) in [5.41, 5.74) is 0.749. The predicted molar refractivity (Wildman–Crippen MR) is 67.9 cm³/mol. The van der Waals surface area contributed by atoms with E-state index in [-0.39, 0.29) is 6.42 Å². The van der Waals surface area contributed by atoms with Crippen molar-refractivity contribution < 1.29 is 24.5 Å². The van der Waals surface area contributed by atoms with Crippen molar-refractivity contribution in [3.8, 4) is 5.75 Å². The van der Waals surface area contributed by atoms with Crippen LogP contribution in [0.2, 0.25) is 0 Å². The van der Waals surface area contributed by atoms with Crippen molar-refractivity contribution in [1.82, 2.24) is 5.32 Å². The van der Waals surface area contributed by atoms with E-state index >= 15 is 0 Å². The second-order valence-electron chi connectivity index (χ2n) is 4.13. The average Bonchev–Trinajstić information content (AvgIpc) is 2.38. The number of carbonyl (C=O) groups excluding carboxylic acids is 1. The van der Waals surface area contributed by atoms with Crippen LogP contribution in [0.4, 0.5) is 0 Å². The SMILES string of the molecule is COc1ccc(C[C@@H](NC(=O)[C@H](C)O)C(=O)O)cc1. The van der Waals surface area contributed by atoms with E-state index in [4.69, 9.17) is 14.9 Å². The number of benzene rings is 1. The van der Waals surface area contributed by atoms with Crippen LogP contribution in [0.3, 0.4) is 0 Å². The first-order valence-electron chi connectivity index (χ1n) is 5.78. The molecule has 1 aromatic carbocycles. The number of methoxy groups -OCH3 is 1. The van der Waals surface area contributed by atoms with E-state index in [1.807, 2.05) is 0 Å². The fourth-order valence-corrected chi connectivity index (χ4v) is 1.49. The van der Waals surface area contributed by atoms with Gasteiger partial charge < -0.3 is 20.3 Å². The summed E-state index contributed by atoms with van der Waals surface area (Å²) in [5, 5.41) is 20.4. The highest BCUT2D eigenvalue weighted by Crippen LogP contribution is 2.12. The first-order valence-corrected chi connectivity index (χ1v) is 5.78. The van der Waals surface area contributed by atoms with Crippen molar-refractivity contribution in [3.05, 3.63) is 29.8 Å². The van der Waals surface area contributed by atoms with E-state index in [1.54, 1.807) is 24.3 Å². The third kappa shape index (κ3) is 4.59. The molecular formula is C13H17NO5. The molecule has 0 aromatic heterocycles. The van der Waals surface area contributed by atoms with Crippen molar-refractivity contribution >= 4 is 11.9 Å². The minimum Gasteiger partial charge on any atom is -0.497 e. The third-order valence-electron chi connectivity index (χ3n) is 2.59. The molecular weight excluding hydrogens is 250 g/mol. The molecule has 0 aliphatic carbocycles. The molecule has 0 aliphatic rings. The van der Waals surface area contributed by atoms with E-state index in [0.717, 1.165) is 5.56 Å². The lowest BCUT2D eigenvalue weighted by Gasteiger charge is -2.15. The summed E-state index contributed by atoms with van der Waals surface area (Å²) in [6.07, 6.45) is -1.10. The minimum atomic E-state index is -1.24. The van der Waals surface area contributed by atoms with Gasteiger partial charge in [-0.05, 0) is 24.6 Å². The summed E-state index contributed by atoms with van der Waals surface area (Å²) in [4.78, 5) is 22.4. The Morgan fingerprint density at radius 1 is 1.32 bits per heavy atom. The Morgan fingerprint density at radius 3 is 2.32 bits per heavy atom. The maximum Gasteiger partial charge on any atom is 0.326 e. The van der Waals surface area contributed by atoms with Gasteiger partial charge in [-0.1, -0.05) is 12.1 Å². The van der Waals surface area contributed by atoms with Gasteiger partial charge in [0.15, 0.2) is 0 Å². The van der Waals surface area contributed by atoms with Crippen LogP contribution in [0.5, 0.6) is 5.75 Å². The molecule has 0 spiro atoms. The van der Waals surface area contributed by atoms with Crippen molar-refractivity contribution in [1.29, 1.82) is 0 Å². The minimum absolute atomic E-state index is 0.137. The molecule has 3 N–H and O–H groups in total. The molecule has 0 radical (unpaired) electrons. The van der Waals surface area contributed by atoms with E-state index in [2.05, 4.69) is 5.32 Å². The van der Waals surface area contributed by atoms with E-state index in [1.165, 1.54) is 14.0 Å². The van der Waals surface area contributed by atoms with E-state index in [0.29, 0.717) is 5.75 Å². The Morgan fingerprint density at radius 2 is 1.89 bits per heavy atom. The maximum atomic E-state index is 11.3. The number of aliphatic hydroxyl groups is 1. The van der Waals surface area contributed by atoms with Crippen LogP contribution in [0, 0.1) is 0 Å². The van der Waals surface area contributed by atoms with Crippen LogP contribution < -0.4 is 10.1 Å². The quantitative estimate of drug-likeness (QED) is 0.683. The maximum absolute atomic E-state index is 11.3. The molecule has 1 rings (SSSR count). The Hall–Kier alpha value is -2.08. The number of rotatable bonds is 6. The van der Waals surface area contributed by atoms with E-state index in [9.17, 15) is 9.59 Å². The Balaban J connectivity index is 2.72. The number of ether oxygens (including phenoxy) is 1. The van der Waals surface area contributed by atoms with Gasteiger partial charge in [0.1, 0.15) is 17.9 Å². The summed E-state index contributed by atoms with van der Waals surface area (Å²) in [6.45, 7) is 1.28. The lowest BCUT2D eigenvalue weighted by atomic mass is 10.1. The van der Waals surface area contributed by atoms with Crippen LogP contribution >= 0.6 is 0 Å². The number of carboxylic acid groups (broad SMARTS) is 1. The zero-order valence-electron chi connectivity index (χ0n) is 10.8. The van der Waals surface area contributed by atoms with Crippen LogP contribution in [-0.4, -0.2) is 41.3 Å². The fraction of sp³-hybridized carbons (Fsp3) is 0.385. The van der Waals surface area contributed by atoms with Gasteiger partial charge in [-0.2, -0.15) is 0 Å². The van der Waals surface area contributed by atoms with Gasteiger partial charge in [0.25, 0.3) is 0 Å². The molecule has 1 amide bonds. The highest BCUT2D eigenvalue weighted by atomic mass is 16.5. The van der Waals surface area contributed by atoms with Gasteiger partial charge in [0.05, 0.1) is 7.11 Å². The number of carbonyl (C=O) groups is 2. The summed E-state index contributed by atoms with van der Waals surface area (Å²) >= 11 is 0. The van der Waals surface area contributed by atoms with Gasteiger partial charge in [0, 0.05) is 6.42 Å².